The molecule has 1 aliphatic heterocycles. The van der Waals surface area contributed by atoms with E-state index in [0.29, 0.717) is 18.1 Å². The molecule has 0 saturated heterocycles. The molecule has 1 aromatic carbocycles. The highest BCUT2D eigenvalue weighted by Crippen LogP contribution is 2.49. The first kappa shape index (κ1) is 18.6. The zero-order chi connectivity index (χ0) is 19.8. The molecule has 0 N–H and O–H groups in total. The fraction of sp³-hybridized carbons (Fsp3) is 0.375. The Balaban J connectivity index is 1.41. The van der Waals surface area contributed by atoms with Crippen molar-refractivity contribution in [1.29, 1.82) is 0 Å². The van der Waals surface area contributed by atoms with Crippen LogP contribution in [0.25, 0.3) is 11.3 Å². The number of esters is 1. The summed E-state index contributed by atoms with van der Waals surface area (Å²) in [6.07, 6.45) is 5.03. The van der Waals surface area contributed by atoms with Gasteiger partial charge in [-0.1, -0.05) is 25.0 Å². The summed E-state index contributed by atoms with van der Waals surface area (Å²) in [5, 5.41) is 2.18. The molecule has 150 valence electrons. The van der Waals surface area contributed by atoms with Crippen LogP contribution in [0.1, 0.15) is 71.2 Å². The van der Waals surface area contributed by atoms with Gasteiger partial charge in [-0.2, -0.15) is 0 Å². The quantitative estimate of drug-likeness (QED) is 0.473. The van der Waals surface area contributed by atoms with E-state index in [-0.39, 0.29) is 18.2 Å². The van der Waals surface area contributed by atoms with E-state index in [1.165, 1.54) is 29.7 Å². The second-order valence-electron chi connectivity index (χ2n) is 7.69. The highest BCUT2D eigenvalue weighted by atomic mass is 32.1. The van der Waals surface area contributed by atoms with Crippen molar-refractivity contribution in [1.82, 2.24) is 0 Å². The van der Waals surface area contributed by atoms with Crippen molar-refractivity contribution in [2.75, 3.05) is 6.61 Å². The van der Waals surface area contributed by atoms with E-state index < -0.39 is 0 Å². The van der Waals surface area contributed by atoms with Gasteiger partial charge in [0.2, 0.25) is 0 Å². The van der Waals surface area contributed by atoms with Crippen LogP contribution in [0.3, 0.4) is 0 Å². The molecule has 0 spiro atoms. The Kier molecular flexibility index (Phi) is 5.02. The summed E-state index contributed by atoms with van der Waals surface area (Å²) < 4.78 is 17.8. The monoisotopic (exact) mass is 408 g/mol. The van der Waals surface area contributed by atoms with Crippen molar-refractivity contribution in [3.63, 3.8) is 0 Å². The minimum Gasteiger partial charge on any atom is -0.462 e. The number of rotatable bonds is 4. The Labute approximate surface area is 174 Å². The molecule has 0 bridgehead atoms. The van der Waals surface area contributed by atoms with E-state index in [0.717, 1.165) is 23.5 Å². The number of benzene rings is 1. The zero-order valence-corrected chi connectivity index (χ0v) is 17.2. The van der Waals surface area contributed by atoms with Gasteiger partial charge < -0.3 is 13.9 Å². The molecule has 0 radical (unpaired) electrons. The van der Waals surface area contributed by atoms with Gasteiger partial charge >= 0.3 is 5.97 Å². The second-order valence-corrected chi connectivity index (χ2v) is 8.63. The first-order chi connectivity index (χ1) is 14.2. The van der Waals surface area contributed by atoms with E-state index in [1.54, 1.807) is 19.1 Å². The summed E-state index contributed by atoms with van der Waals surface area (Å²) in [6.45, 7) is 2.17. The standard InChI is InChI=1S/C24H24O4S/c1-2-26-24(25)16-9-7-15(8-10-16)19-11-12-21(27-19)22-18-13-14-29-23(18)17-5-3-4-6-20(17)28-22/h7-14,17,20,22H,2-6H2,1H3/t17-,20+,22-/m1/s1. The van der Waals surface area contributed by atoms with Crippen molar-refractivity contribution in [2.45, 2.75) is 50.7 Å². The van der Waals surface area contributed by atoms with E-state index in [1.807, 2.05) is 35.6 Å². The molecule has 1 fully saturated rings. The number of carbonyl (C=O) groups is 1. The smallest absolute Gasteiger partial charge is 0.338 e. The minimum atomic E-state index is -0.304. The fourth-order valence-electron chi connectivity index (χ4n) is 4.51. The number of furan rings is 1. The minimum absolute atomic E-state index is 0.136. The molecule has 4 nitrogen and oxygen atoms in total. The molecule has 3 atom stereocenters. The van der Waals surface area contributed by atoms with Crippen molar-refractivity contribution < 1.29 is 18.7 Å². The molecule has 5 heteroatoms. The van der Waals surface area contributed by atoms with Crippen LogP contribution in [0.15, 0.2) is 52.3 Å². The maximum Gasteiger partial charge on any atom is 0.338 e. The van der Waals surface area contributed by atoms with Gasteiger partial charge in [0.05, 0.1) is 18.3 Å². The summed E-state index contributed by atoms with van der Waals surface area (Å²) in [6, 6.07) is 13.5. The van der Waals surface area contributed by atoms with Crippen LogP contribution >= 0.6 is 11.3 Å². The Morgan fingerprint density at radius 3 is 2.76 bits per heavy atom. The summed E-state index contributed by atoms with van der Waals surface area (Å²) in [7, 11) is 0. The predicted molar refractivity (Wildman–Crippen MR) is 112 cm³/mol. The molecule has 1 aliphatic carbocycles. The lowest BCUT2D eigenvalue weighted by Crippen LogP contribution is -2.32. The van der Waals surface area contributed by atoms with Gasteiger partial charge in [0.25, 0.3) is 0 Å². The van der Waals surface area contributed by atoms with Gasteiger partial charge in [-0.25, -0.2) is 4.79 Å². The lowest BCUT2D eigenvalue weighted by atomic mass is 9.81. The van der Waals surface area contributed by atoms with Crippen molar-refractivity contribution in [3.8, 4) is 11.3 Å². The van der Waals surface area contributed by atoms with Crippen LogP contribution < -0.4 is 0 Å². The third kappa shape index (κ3) is 3.43. The molecular formula is C24H24O4S. The van der Waals surface area contributed by atoms with Crippen LogP contribution in [0.2, 0.25) is 0 Å². The Morgan fingerprint density at radius 1 is 1.10 bits per heavy atom. The molecular weight excluding hydrogens is 384 g/mol. The molecule has 3 heterocycles. The summed E-state index contributed by atoms with van der Waals surface area (Å²) in [5.74, 6) is 1.86. The summed E-state index contributed by atoms with van der Waals surface area (Å²) in [4.78, 5) is 13.3. The van der Waals surface area contributed by atoms with Crippen LogP contribution in [0, 0.1) is 0 Å². The molecule has 0 unspecified atom stereocenters. The van der Waals surface area contributed by atoms with E-state index in [9.17, 15) is 4.79 Å². The second kappa shape index (κ2) is 7.81. The Hall–Kier alpha value is -2.37. The number of thiophene rings is 1. The number of ether oxygens (including phenoxy) is 2. The van der Waals surface area contributed by atoms with Crippen molar-refractivity contribution in [2.24, 2.45) is 0 Å². The molecule has 0 amide bonds. The van der Waals surface area contributed by atoms with E-state index in [4.69, 9.17) is 13.9 Å². The normalized spacial score (nSPS) is 23.3. The predicted octanol–water partition coefficient (Wildman–Crippen LogP) is 6.33. The van der Waals surface area contributed by atoms with Gasteiger partial charge in [0.15, 0.2) is 0 Å². The maximum absolute atomic E-state index is 11.8. The van der Waals surface area contributed by atoms with Crippen LogP contribution in [0.4, 0.5) is 0 Å². The fourth-order valence-corrected chi connectivity index (χ4v) is 5.63. The number of hydrogen-bond donors (Lipinski definition) is 0. The maximum atomic E-state index is 11.8. The molecule has 3 aromatic rings. The topological polar surface area (TPSA) is 48.7 Å². The Bertz CT molecular complexity index is 1000. The van der Waals surface area contributed by atoms with Crippen molar-refractivity contribution >= 4 is 17.3 Å². The number of fused-ring (bicyclic) bond motifs is 3. The Morgan fingerprint density at radius 2 is 1.93 bits per heavy atom. The van der Waals surface area contributed by atoms with Crippen LogP contribution in [-0.2, 0) is 9.47 Å². The summed E-state index contributed by atoms with van der Waals surface area (Å²) in [5.41, 5.74) is 2.74. The third-order valence-electron chi connectivity index (χ3n) is 5.93. The van der Waals surface area contributed by atoms with Crippen LogP contribution in [-0.4, -0.2) is 18.7 Å². The largest absolute Gasteiger partial charge is 0.462 e. The van der Waals surface area contributed by atoms with Crippen LogP contribution in [0.5, 0.6) is 0 Å². The lowest BCUT2D eigenvalue weighted by molar-refractivity contribution is -0.0451. The molecule has 5 rings (SSSR count). The van der Waals surface area contributed by atoms with Gasteiger partial charge in [0, 0.05) is 21.9 Å². The SMILES string of the molecule is CCOC(=O)c1ccc(-c2ccc([C@@H]3O[C@H]4CCCC[C@H]4c4sccc43)o2)cc1. The van der Waals surface area contributed by atoms with Gasteiger partial charge in [0.1, 0.15) is 17.6 Å². The number of hydrogen-bond acceptors (Lipinski definition) is 5. The average Bonchev–Trinajstić information content (AvgIpc) is 3.44. The van der Waals surface area contributed by atoms with Crippen molar-refractivity contribution in [3.05, 3.63) is 69.6 Å². The molecule has 1 saturated carbocycles. The van der Waals surface area contributed by atoms with E-state index in [2.05, 4.69) is 11.4 Å². The van der Waals surface area contributed by atoms with Gasteiger partial charge in [-0.3, -0.25) is 0 Å². The average molecular weight is 409 g/mol. The third-order valence-corrected chi connectivity index (χ3v) is 6.99. The first-order valence-electron chi connectivity index (χ1n) is 10.3. The lowest BCUT2D eigenvalue weighted by Gasteiger charge is -2.38. The van der Waals surface area contributed by atoms with Gasteiger partial charge in [-0.05, 0) is 55.5 Å². The summed E-state index contributed by atoms with van der Waals surface area (Å²) >= 11 is 1.86. The molecule has 2 aliphatic rings. The molecule has 2 aromatic heterocycles. The zero-order valence-electron chi connectivity index (χ0n) is 16.4. The highest BCUT2D eigenvalue weighted by Gasteiger charge is 2.39. The van der Waals surface area contributed by atoms with Gasteiger partial charge in [-0.15, -0.1) is 11.3 Å². The van der Waals surface area contributed by atoms with E-state index >= 15 is 0 Å². The number of carbonyl (C=O) groups excluding carboxylic acids is 1. The first-order valence-corrected chi connectivity index (χ1v) is 11.2. The molecule has 29 heavy (non-hydrogen) atoms. The highest BCUT2D eigenvalue weighted by molar-refractivity contribution is 7.10.